The minimum absolute atomic E-state index is 0.0631. The fraction of sp³-hybridized carbons (Fsp3) is 0.400. The van der Waals surface area contributed by atoms with Gasteiger partial charge >= 0.3 is 0 Å². The number of nitrogens with one attached hydrogen (secondary N) is 1. The molecule has 70 valence electrons. The standard InChI is InChI=1S/C10H14N2O/c1-3-8(2)10(13)12-9-4-6-11-7-5-9/h4-8H,3H2,1-2H3,(H,11,12,13). The van der Waals surface area contributed by atoms with Gasteiger partial charge in [-0.05, 0) is 18.6 Å². The van der Waals surface area contributed by atoms with Crippen LogP contribution in [0.5, 0.6) is 0 Å². The molecule has 1 N–H and O–H groups in total. The van der Waals surface area contributed by atoms with Crippen LogP contribution in [0.1, 0.15) is 20.3 Å². The first kappa shape index (κ1) is 9.71. The van der Waals surface area contributed by atoms with E-state index in [1.165, 1.54) is 0 Å². The van der Waals surface area contributed by atoms with E-state index >= 15 is 0 Å². The molecule has 1 rings (SSSR count). The number of amides is 1. The maximum Gasteiger partial charge on any atom is 0.227 e. The summed E-state index contributed by atoms with van der Waals surface area (Å²) in [5.74, 6) is 0.127. The monoisotopic (exact) mass is 178 g/mol. The van der Waals surface area contributed by atoms with Gasteiger partial charge in [0.05, 0.1) is 0 Å². The fourth-order valence-electron chi connectivity index (χ4n) is 0.886. The molecule has 0 aromatic carbocycles. The fourth-order valence-corrected chi connectivity index (χ4v) is 0.886. The summed E-state index contributed by atoms with van der Waals surface area (Å²) in [7, 11) is 0. The van der Waals surface area contributed by atoms with Crippen molar-refractivity contribution in [1.82, 2.24) is 4.98 Å². The molecule has 1 aromatic heterocycles. The smallest absolute Gasteiger partial charge is 0.227 e. The Hall–Kier alpha value is -1.38. The first-order chi connectivity index (χ1) is 6.24. The Morgan fingerprint density at radius 2 is 2.15 bits per heavy atom. The van der Waals surface area contributed by atoms with Crippen molar-refractivity contribution in [1.29, 1.82) is 0 Å². The molecule has 0 aliphatic carbocycles. The molecular formula is C10H14N2O. The Morgan fingerprint density at radius 1 is 1.54 bits per heavy atom. The van der Waals surface area contributed by atoms with Crippen molar-refractivity contribution in [2.75, 3.05) is 5.32 Å². The van der Waals surface area contributed by atoms with Crippen LogP contribution in [0.3, 0.4) is 0 Å². The van der Waals surface area contributed by atoms with E-state index in [1.807, 2.05) is 13.8 Å². The van der Waals surface area contributed by atoms with E-state index in [4.69, 9.17) is 0 Å². The Labute approximate surface area is 78.2 Å². The van der Waals surface area contributed by atoms with Crippen molar-refractivity contribution in [3.8, 4) is 0 Å². The van der Waals surface area contributed by atoms with Gasteiger partial charge in [0, 0.05) is 24.0 Å². The number of hydrogen-bond donors (Lipinski definition) is 1. The molecule has 1 unspecified atom stereocenters. The summed E-state index contributed by atoms with van der Waals surface area (Å²) < 4.78 is 0. The first-order valence-corrected chi connectivity index (χ1v) is 4.45. The van der Waals surface area contributed by atoms with Crippen LogP contribution >= 0.6 is 0 Å². The predicted octanol–water partition coefficient (Wildman–Crippen LogP) is 2.07. The highest BCUT2D eigenvalue weighted by atomic mass is 16.1. The molecule has 13 heavy (non-hydrogen) atoms. The number of anilines is 1. The highest BCUT2D eigenvalue weighted by Crippen LogP contribution is 2.08. The molecule has 3 heteroatoms. The lowest BCUT2D eigenvalue weighted by molar-refractivity contribution is -0.119. The molecule has 0 fully saturated rings. The summed E-state index contributed by atoms with van der Waals surface area (Å²) in [6.45, 7) is 3.91. The van der Waals surface area contributed by atoms with Gasteiger partial charge in [0.2, 0.25) is 5.91 Å². The zero-order valence-corrected chi connectivity index (χ0v) is 7.95. The van der Waals surface area contributed by atoms with Crippen LogP contribution in [-0.2, 0) is 4.79 Å². The Bertz CT molecular complexity index is 272. The van der Waals surface area contributed by atoms with Crippen molar-refractivity contribution < 1.29 is 4.79 Å². The molecule has 1 atom stereocenters. The first-order valence-electron chi connectivity index (χ1n) is 4.45. The van der Waals surface area contributed by atoms with Gasteiger partial charge in [0.1, 0.15) is 0 Å². The molecule has 0 aliphatic heterocycles. The Kier molecular flexibility index (Phi) is 3.43. The van der Waals surface area contributed by atoms with Crippen molar-refractivity contribution in [2.24, 2.45) is 5.92 Å². The summed E-state index contributed by atoms with van der Waals surface area (Å²) in [4.78, 5) is 15.3. The highest BCUT2D eigenvalue weighted by Gasteiger charge is 2.09. The number of nitrogens with zero attached hydrogens (tertiary/aromatic N) is 1. The number of aromatic nitrogens is 1. The van der Waals surface area contributed by atoms with Crippen molar-refractivity contribution in [3.05, 3.63) is 24.5 Å². The van der Waals surface area contributed by atoms with Crippen LogP contribution in [0, 0.1) is 5.92 Å². The van der Waals surface area contributed by atoms with E-state index in [1.54, 1.807) is 24.5 Å². The van der Waals surface area contributed by atoms with Gasteiger partial charge in [-0.3, -0.25) is 9.78 Å². The summed E-state index contributed by atoms with van der Waals surface area (Å²) in [5, 5.41) is 2.81. The lowest BCUT2D eigenvalue weighted by Gasteiger charge is -2.08. The molecule has 1 heterocycles. The largest absolute Gasteiger partial charge is 0.326 e. The Morgan fingerprint density at radius 3 is 2.69 bits per heavy atom. The van der Waals surface area contributed by atoms with Gasteiger partial charge < -0.3 is 5.32 Å². The molecule has 0 aliphatic rings. The van der Waals surface area contributed by atoms with E-state index in [9.17, 15) is 4.79 Å². The molecule has 3 nitrogen and oxygen atoms in total. The Balaban J connectivity index is 2.55. The second-order valence-corrected chi connectivity index (χ2v) is 3.03. The lowest BCUT2D eigenvalue weighted by atomic mass is 10.1. The number of pyridine rings is 1. The predicted molar refractivity (Wildman–Crippen MR) is 52.3 cm³/mol. The number of hydrogen-bond acceptors (Lipinski definition) is 2. The molecule has 0 bridgehead atoms. The lowest BCUT2D eigenvalue weighted by Crippen LogP contribution is -2.19. The minimum Gasteiger partial charge on any atom is -0.326 e. The normalized spacial score (nSPS) is 12.2. The van der Waals surface area contributed by atoms with Crippen molar-refractivity contribution in [2.45, 2.75) is 20.3 Å². The average molecular weight is 178 g/mol. The van der Waals surface area contributed by atoms with Crippen LogP contribution < -0.4 is 5.32 Å². The number of carbonyl (C=O) groups is 1. The van der Waals surface area contributed by atoms with Gasteiger partial charge in [0.15, 0.2) is 0 Å². The summed E-state index contributed by atoms with van der Waals surface area (Å²) in [6, 6.07) is 3.56. The van der Waals surface area contributed by atoms with E-state index in [-0.39, 0.29) is 11.8 Å². The molecule has 0 radical (unpaired) electrons. The van der Waals surface area contributed by atoms with Gasteiger partial charge in [-0.15, -0.1) is 0 Å². The quantitative estimate of drug-likeness (QED) is 0.769. The van der Waals surface area contributed by atoms with E-state index in [2.05, 4.69) is 10.3 Å². The third-order valence-corrected chi connectivity index (χ3v) is 2.01. The van der Waals surface area contributed by atoms with Crippen molar-refractivity contribution >= 4 is 11.6 Å². The van der Waals surface area contributed by atoms with Gasteiger partial charge in [-0.1, -0.05) is 13.8 Å². The van der Waals surface area contributed by atoms with Crippen LogP contribution in [0.2, 0.25) is 0 Å². The van der Waals surface area contributed by atoms with E-state index in [0.29, 0.717) is 0 Å². The maximum absolute atomic E-state index is 11.4. The van der Waals surface area contributed by atoms with Crippen LogP contribution in [0.4, 0.5) is 5.69 Å². The van der Waals surface area contributed by atoms with Crippen molar-refractivity contribution in [3.63, 3.8) is 0 Å². The molecule has 1 aromatic rings. The molecule has 0 spiro atoms. The minimum atomic E-state index is 0.0631. The third-order valence-electron chi connectivity index (χ3n) is 2.01. The second-order valence-electron chi connectivity index (χ2n) is 3.03. The SMILES string of the molecule is CCC(C)C(=O)Nc1ccncc1. The third kappa shape index (κ3) is 2.86. The summed E-state index contributed by atoms with van der Waals surface area (Å²) in [6.07, 6.45) is 4.18. The van der Waals surface area contributed by atoms with Crippen LogP contribution in [0.25, 0.3) is 0 Å². The van der Waals surface area contributed by atoms with Crippen LogP contribution in [0.15, 0.2) is 24.5 Å². The number of carbonyl (C=O) groups excluding carboxylic acids is 1. The topological polar surface area (TPSA) is 42.0 Å². The summed E-state index contributed by atoms with van der Waals surface area (Å²) >= 11 is 0. The van der Waals surface area contributed by atoms with E-state index in [0.717, 1.165) is 12.1 Å². The van der Waals surface area contributed by atoms with Gasteiger partial charge in [-0.2, -0.15) is 0 Å². The molecule has 0 saturated carbocycles. The van der Waals surface area contributed by atoms with Crippen LogP contribution in [-0.4, -0.2) is 10.9 Å². The van der Waals surface area contributed by atoms with E-state index < -0.39 is 0 Å². The molecular weight excluding hydrogens is 164 g/mol. The average Bonchev–Trinajstić information content (AvgIpc) is 2.18. The zero-order valence-electron chi connectivity index (χ0n) is 7.95. The second kappa shape index (κ2) is 4.60. The zero-order chi connectivity index (χ0) is 9.68. The highest BCUT2D eigenvalue weighted by molar-refractivity contribution is 5.92. The van der Waals surface area contributed by atoms with Gasteiger partial charge in [-0.25, -0.2) is 0 Å². The summed E-state index contributed by atoms with van der Waals surface area (Å²) in [5.41, 5.74) is 0.806. The maximum atomic E-state index is 11.4. The molecule has 0 saturated heterocycles. The van der Waals surface area contributed by atoms with Gasteiger partial charge in [0.25, 0.3) is 0 Å². The molecule has 1 amide bonds. The number of rotatable bonds is 3.